The molecule has 0 unspecified atom stereocenters. The Labute approximate surface area is 138 Å². The van der Waals surface area contributed by atoms with Crippen molar-refractivity contribution in [1.82, 2.24) is 0 Å². The van der Waals surface area contributed by atoms with Gasteiger partial charge >= 0.3 is 0 Å². The standard InChI is InChI=1S/C20H24N2O/c1-2-6-17(7-3-1)18-14-19(21-8-4-5-9-21)16-20(15-18)22-10-12-23-13-11-22/h1-3,6-7,14-16H,4-5,8-13H2. The number of ether oxygens (including phenoxy) is 1. The molecule has 2 saturated heterocycles. The largest absolute Gasteiger partial charge is 0.378 e. The highest BCUT2D eigenvalue weighted by atomic mass is 16.5. The molecule has 2 aliphatic heterocycles. The van der Waals surface area contributed by atoms with Crippen LogP contribution >= 0.6 is 0 Å². The molecule has 2 heterocycles. The van der Waals surface area contributed by atoms with Crippen molar-refractivity contribution in [2.45, 2.75) is 12.8 Å². The summed E-state index contributed by atoms with van der Waals surface area (Å²) in [6, 6.07) is 17.8. The summed E-state index contributed by atoms with van der Waals surface area (Å²) >= 11 is 0. The van der Waals surface area contributed by atoms with Gasteiger partial charge in [-0.1, -0.05) is 30.3 Å². The van der Waals surface area contributed by atoms with Crippen LogP contribution in [0.1, 0.15) is 12.8 Å². The van der Waals surface area contributed by atoms with Gasteiger partial charge in [0.1, 0.15) is 0 Å². The maximum absolute atomic E-state index is 5.51. The minimum atomic E-state index is 0.828. The number of hydrogen-bond acceptors (Lipinski definition) is 3. The summed E-state index contributed by atoms with van der Waals surface area (Å²) in [4.78, 5) is 4.98. The van der Waals surface area contributed by atoms with Gasteiger partial charge in [0.25, 0.3) is 0 Å². The molecule has 0 saturated carbocycles. The van der Waals surface area contributed by atoms with E-state index in [2.05, 4.69) is 58.3 Å². The van der Waals surface area contributed by atoms with Crippen LogP contribution < -0.4 is 9.80 Å². The van der Waals surface area contributed by atoms with Gasteiger partial charge in [0.2, 0.25) is 0 Å². The highest BCUT2D eigenvalue weighted by Gasteiger charge is 2.17. The third-order valence-corrected chi connectivity index (χ3v) is 4.86. The smallest absolute Gasteiger partial charge is 0.0642 e. The minimum absolute atomic E-state index is 0.828. The van der Waals surface area contributed by atoms with Gasteiger partial charge in [-0.15, -0.1) is 0 Å². The highest BCUT2D eigenvalue weighted by Crippen LogP contribution is 2.32. The molecule has 2 aromatic rings. The van der Waals surface area contributed by atoms with Crippen molar-refractivity contribution in [2.75, 3.05) is 49.2 Å². The van der Waals surface area contributed by atoms with Crippen molar-refractivity contribution in [3.05, 3.63) is 48.5 Å². The Morgan fingerprint density at radius 3 is 1.91 bits per heavy atom. The highest BCUT2D eigenvalue weighted by molar-refractivity contribution is 5.75. The summed E-state index contributed by atoms with van der Waals surface area (Å²) in [5, 5.41) is 0. The van der Waals surface area contributed by atoms with Crippen LogP contribution in [-0.2, 0) is 4.74 Å². The van der Waals surface area contributed by atoms with E-state index in [-0.39, 0.29) is 0 Å². The molecule has 0 atom stereocenters. The molecule has 120 valence electrons. The summed E-state index contributed by atoms with van der Waals surface area (Å²) in [7, 11) is 0. The lowest BCUT2D eigenvalue weighted by molar-refractivity contribution is 0.122. The van der Waals surface area contributed by atoms with E-state index in [0.717, 1.165) is 26.3 Å². The molecule has 23 heavy (non-hydrogen) atoms. The molecule has 2 aromatic carbocycles. The first-order chi connectivity index (χ1) is 11.4. The quantitative estimate of drug-likeness (QED) is 0.858. The van der Waals surface area contributed by atoms with Crippen molar-refractivity contribution >= 4 is 11.4 Å². The molecule has 0 amide bonds. The molecule has 3 heteroatoms. The third kappa shape index (κ3) is 3.20. The number of hydrogen-bond donors (Lipinski definition) is 0. The monoisotopic (exact) mass is 308 g/mol. The zero-order chi connectivity index (χ0) is 15.5. The lowest BCUT2D eigenvalue weighted by Gasteiger charge is -2.30. The summed E-state index contributed by atoms with van der Waals surface area (Å²) in [6.07, 6.45) is 2.62. The molecule has 0 aromatic heterocycles. The van der Waals surface area contributed by atoms with E-state index < -0.39 is 0 Å². The fraction of sp³-hybridized carbons (Fsp3) is 0.400. The molecular weight excluding hydrogens is 284 g/mol. The number of benzene rings is 2. The number of rotatable bonds is 3. The Morgan fingerprint density at radius 2 is 1.26 bits per heavy atom. The lowest BCUT2D eigenvalue weighted by atomic mass is 10.0. The van der Waals surface area contributed by atoms with Gasteiger partial charge in [0.05, 0.1) is 13.2 Å². The third-order valence-electron chi connectivity index (χ3n) is 4.86. The first-order valence-electron chi connectivity index (χ1n) is 8.68. The van der Waals surface area contributed by atoms with Crippen LogP contribution in [0.15, 0.2) is 48.5 Å². The van der Waals surface area contributed by atoms with Crippen LogP contribution in [0.5, 0.6) is 0 Å². The summed E-state index contributed by atoms with van der Waals surface area (Å²) in [6.45, 7) is 5.99. The average Bonchev–Trinajstić information content (AvgIpc) is 3.18. The molecule has 2 fully saturated rings. The summed E-state index contributed by atoms with van der Waals surface area (Å²) < 4.78 is 5.51. The molecule has 0 N–H and O–H groups in total. The van der Waals surface area contributed by atoms with E-state index in [1.165, 1.54) is 48.4 Å². The fourth-order valence-corrected chi connectivity index (χ4v) is 3.55. The minimum Gasteiger partial charge on any atom is -0.378 e. The maximum Gasteiger partial charge on any atom is 0.0642 e. The van der Waals surface area contributed by atoms with Gasteiger partial charge in [0, 0.05) is 37.6 Å². The van der Waals surface area contributed by atoms with E-state index in [0.29, 0.717) is 0 Å². The van der Waals surface area contributed by atoms with Gasteiger partial charge in [-0.25, -0.2) is 0 Å². The fourth-order valence-electron chi connectivity index (χ4n) is 3.55. The number of anilines is 2. The van der Waals surface area contributed by atoms with E-state index in [4.69, 9.17) is 4.74 Å². The maximum atomic E-state index is 5.51. The van der Waals surface area contributed by atoms with Crippen LogP contribution in [-0.4, -0.2) is 39.4 Å². The van der Waals surface area contributed by atoms with Crippen LogP contribution in [0.3, 0.4) is 0 Å². The predicted octanol–water partition coefficient (Wildman–Crippen LogP) is 3.79. The van der Waals surface area contributed by atoms with E-state index in [9.17, 15) is 0 Å². The van der Waals surface area contributed by atoms with Gasteiger partial charge in [-0.3, -0.25) is 0 Å². The van der Waals surface area contributed by atoms with Crippen LogP contribution in [0, 0.1) is 0 Å². The zero-order valence-corrected chi connectivity index (χ0v) is 13.6. The second kappa shape index (κ2) is 6.63. The predicted molar refractivity (Wildman–Crippen MR) is 96.4 cm³/mol. The van der Waals surface area contributed by atoms with Crippen LogP contribution in [0.25, 0.3) is 11.1 Å². The SMILES string of the molecule is c1ccc(-c2cc(N3CCCC3)cc(N3CCOCC3)c2)cc1. The first kappa shape index (κ1) is 14.6. The van der Waals surface area contributed by atoms with Gasteiger partial charge in [-0.05, 0) is 42.2 Å². The summed E-state index contributed by atoms with van der Waals surface area (Å²) in [5.41, 5.74) is 5.31. The second-order valence-corrected chi connectivity index (χ2v) is 6.40. The Kier molecular flexibility index (Phi) is 4.20. The molecule has 3 nitrogen and oxygen atoms in total. The normalized spacial score (nSPS) is 18.4. The second-order valence-electron chi connectivity index (χ2n) is 6.40. The first-order valence-corrected chi connectivity index (χ1v) is 8.68. The number of morpholine rings is 1. The molecule has 4 rings (SSSR count). The molecule has 0 spiro atoms. The topological polar surface area (TPSA) is 15.7 Å². The van der Waals surface area contributed by atoms with Gasteiger partial charge < -0.3 is 14.5 Å². The van der Waals surface area contributed by atoms with Crippen molar-refractivity contribution in [3.8, 4) is 11.1 Å². The molecule has 0 aliphatic carbocycles. The Morgan fingerprint density at radius 1 is 0.652 bits per heavy atom. The van der Waals surface area contributed by atoms with Crippen LogP contribution in [0.4, 0.5) is 11.4 Å². The van der Waals surface area contributed by atoms with Crippen molar-refractivity contribution < 1.29 is 4.74 Å². The van der Waals surface area contributed by atoms with Crippen molar-refractivity contribution in [3.63, 3.8) is 0 Å². The molecule has 0 bridgehead atoms. The Hall–Kier alpha value is -2.00. The molecule has 2 aliphatic rings. The number of nitrogens with zero attached hydrogens (tertiary/aromatic N) is 2. The molecular formula is C20H24N2O. The van der Waals surface area contributed by atoms with Gasteiger partial charge in [0.15, 0.2) is 0 Å². The summed E-state index contributed by atoms with van der Waals surface area (Å²) in [5.74, 6) is 0. The zero-order valence-electron chi connectivity index (χ0n) is 13.6. The van der Waals surface area contributed by atoms with E-state index in [1.807, 2.05) is 0 Å². The average molecular weight is 308 g/mol. The van der Waals surface area contributed by atoms with E-state index >= 15 is 0 Å². The van der Waals surface area contributed by atoms with Crippen molar-refractivity contribution in [2.24, 2.45) is 0 Å². The van der Waals surface area contributed by atoms with E-state index in [1.54, 1.807) is 0 Å². The lowest BCUT2D eigenvalue weighted by Crippen LogP contribution is -2.36. The van der Waals surface area contributed by atoms with Crippen molar-refractivity contribution in [1.29, 1.82) is 0 Å². The van der Waals surface area contributed by atoms with Gasteiger partial charge in [-0.2, -0.15) is 0 Å². The Bertz CT molecular complexity index is 644. The van der Waals surface area contributed by atoms with Crippen LogP contribution in [0.2, 0.25) is 0 Å². The Balaban J connectivity index is 1.73. The molecule has 0 radical (unpaired) electrons.